The molecule has 0 unspecified atom stereocenters. The molecule has 2 aromatic rings. The average molecular weight is 327 g/mol. The quantitative estimate of drug-likeness (QED) is 0.828. The second-order valence-corrected chi connectivity index (χ2v) is 5.58. The molecule has 0 aliphatic rings. The van der Waals surface area contributed by atoms with E-state index in [1.165, 1.54) is 0 Å². The van der Waals surface area contributed by atoms with Crippen molar-refractivity contribution in [1.29, 1.82) is 0 Å². The zero-order valence-electron chi connectivity index (χ0n) is 14.1. The number of ether oxygens (including phenoxy) is 2. The molecule has 5 nitrogen and oxygen atoms in total. The highest BCUT2D eigenvalue weighted by molar-refractivity contribution is 5.94. The first-order valence-corrected chi connectivity index (χ1v) is 7.67. The van der Waals surface area contributed by atoms with Crippen molar-refractivity contribution < 1.29 is 19.1 Å². The summed E-state index contributed by atoms with van der Waals surface area (Å²) in [6.45, 7) is 5.27. The first-order chi connectivity index (χ1) is 11.5. The van der Waals surface area contributed by atoms with Crippen LogP contribution in [0.4, 0.5) is 5.69 Å². The fourth-order valence-electron chi connectivity index (χ4n) is 2.40. The van der Waals surface area contributed by atoms with Crippen LogP contribution >= 0.6 is 0 Å². The number of nitrogens with one attached hydrogen (secondary N) is 1. The normalized spacial score (nSPS) is 10.1. The molecule has 126 valence electrons. The Morgan fingerprint density at radius 2 is 1.58 bits per heavy atom. The summed E-state index contributed by atoms with van der Waals surface area (Å²) in [7, 11) is 0. The van der Waals surface area contributed by atoms with Crippen LogP contribution < -0.4 is 10.1 Å². The summed E-state index contributed by atoms with van der Waals surface area (Å²) in [5.74, 6) is -0.394. The lowest BCUT2D eigenvalue weighted by molar-refractivity contribution is -0.149. The van der Waals surface area contributed by atoms with Crippen LogP contribution in [0.1, 0.15) is 16.7 Å². The lowest BCUT2D eigenvalue weighted by atomic mass is 10.1. The highest BCUT2D eigenvalue weighted by atomic mass is 16.6. The second kappa shape index (κ2) is 8.15. The van der Waals surface area contributed by atoms with Crippen molar-refractivity contribution in [3.05, 3.63) is 59.2 Å². The topological polar surface area (TPSA) is 64.6 Å². The summed E-state index contributed by atoms with van der Waals surface area (Å²) in [5, 5.41) is 2.78. The second-order valence-electron chi connectivity index (χ2n) is 5.58. The minimum atomic E-state index is -0.591. The van der Waals surface area contributed by atoms with Crippen LogP contribution in [0.5, 0.6) is 5.75 Å². The zero-order chi connectivity index (χ0) is 17.5. The van der Waals surface area contributed by atoms with E-state index in [2.05, 4.69) is 5.32 Å². The van der Waals surface area contributed by atoms with Crippen LogP contribution in [0.3, 0.4) is 0 Å². The highest BCUT2D eigenvalue weighted by Gasteiger charge is 2.11. The monoisotopic (exact) mass is 327 g/mol. The maximum atomic E-state index is 12.0. The van der Waals surface area contributed by atoms with Crippen molar-refractivity contribution in [3.63, 3.8) is 0 Å². The number of aryl methyl sites for hydroxylation is 3. The van der Waals surface area contributed by atoms with Gasteiger partial charge in [-0.15, -0.1) is 0 Å². The van der Waals surface area contributed by atoms with Crippen molar-refractivity contribution in [1.82, 2.24) is 0 Å². The number of rotatable bonds is 6. The first-order valence-electron chi connectivity index (χ1n) is 7.67. The fourth-order valence-corrected chi connectivity index (χ4v) is 2.40. The number of esters is 1. The number of anilines is 1. The molecule has 0 atom stereocenters. The Labute approximate surface area is 141 Å². The van der Waals surface area contributed by atoms with Crippen molar-refractivity contribution >= 4 is 17.6 Å². The number of amides is 1. The molecule has 0 spiro atoms. The summed E-state index contributed by atoms with van der Waals surface area (Å²) in [6, 6.07) is 12.9. The third kappa shape index (κ3) is 5.12. The van der Waals surface area contributed by atoms with Gasteiger partial charge in [0.25, 0.3) is 5.91 Å². The van der Waals surface area contributed by atoms with E-state index in [1.807, 2.05) is 39.0 Å². The predicted molar refractivity (Wildman–Crippen MR) is 92.2 cm³/mol. The SMILES string of the molecule is Cc1cc(C)c(NC(=O)COC(=O)COc2ccccc2)c(C)c1. The minimum Gasteiger partial charge on any atom is -0.482 e. The molecular weight excluding hydrogens is 306 g/mol. The Morgan fingerprint density at radius 3 is 2.21 bits per heavy atom. The van der Waals surface area contributed by atoms with Crippen LogP contribution in [0, 0.1) is 20.8 Å². The molecule has 1 amide bonds. The predicted octanol–water partition coefficient (Wildman–Crippen LogP) is 3.17. The molecule has 0 fully saturated rings. The maximum Gasteiger partial charge on any atom is 0.344 e. The molecule has 0 saturated heterocycles. The molecule has 0 radical (unpaired) electrons. The lowest BCUT2D eigenvalue weighted by Gasteiger charge is -2.13. The molecule has 5 heteroatoms. The van der Waals surface area contributed by atoms with Crippen LogP contribution in [0.25, 0.3) is 0 Å². The summed E-state index contributed by atoms with van der Waals surface area (Å²) in [6.07, 6.45) is 0. The Balaban J connectivity index is 1.80. The fraction of sp³-hybridized carbons (Fsp3) is 0.263. The van der Waals surface area contributed by atoms with E-state index in [0.29, 0.717) is 5.75 Å². The Kier molecular flexibility index (Phi) is 5.95. The van der Waals surface area contributed by atoms with Gasteiger partial charge in [0, 0.05) is 5.69 Å². The first kappa shape index (κ1) is 17.5. The smallest absolute Gasteiger partial charge is 0.344 e. The van der Waals surface area contributed by atoms with Gasteiger partial charge in [-0.05, 0) is 44.0 Å². The van der Waals surface area contributed by atoms with Crippen molar-refractivity contribution in [2.24, 2.45) is 0 Å². The van der Waals surface area contributed by atoms with Gasteiger partial charge in [0.1, 0.15) is 5.75 Å². The van der Waals surface area contributed by atoms with Crippen molar-refractivity contribution in [2.45, 2.75) is 20.8 Å². The summed E-state index contributed by atoms with van der Waals surface area (Å²) >= 11 is 0. The molecule has 0 aliphatic carbocycles. The van der Waals surface area contributed by atoms with Gasteiger partial charge in [-0.2, -0.15) is 0 Å². The van der Waals surface area contributed by atoms with Crippen LogP contribution in [-0.4, -0.2) is 25.1 Å². The Bertz CT molecular complexity index is 702. The summed E-state index contributed by atoms with van der Waals surface area (Å²) in [4.78, 5) is 23.6. The number of benzene rings is 2. The van der Waals surface area contributed by atoms with Gasteiger partial charge in [0.05, 0.1) is 0 Å². The summed E-state index contributed by atoms with van der Waals surface area (Å²) in [5.41, 5.74) is 3.83. The molecule has 0 bridgehead atoms. The Hall–Kier alpha value is -2.82. The summed E-state index contributed by atoms with van der Waals surface area (Å²) < 4.78 is 10.2. The van der Waals surface area contributed by atoms with Crippen LogP contribution in [0.15, 0.2) is 42.5 Å². The van der Waals surface area contributed by atoms with Gasteiger partial charge in [-0.25, -0.2) is 4.79 Å². The molecular formula is C19H21NO4. The molecule has 0 aromatic heterocycles. The number of carbonyl (C=O) groups is 2. The molecule has 0 heterocycles. The van der Waals surface area contributed by atoms with Gasteiger partial charge in [-0.1, -0.05) is 35.9 Å². The molecule has 2 rings (SSSR count). The van der Waals surface area contributed by atoms with Gasteiger partial charge in [0.2, 0.25) is 0 Å². The highest BCUT2D eigenvalue weighted by Crippen LogP contribution is 2.21. The molecule has 0 aliphatic heterocycles. The van der Waals surface area contributed by atoms with E-state index in [1.54, 1.807) is 24.3 Å². The molecule has 24 heavy (non-hydrogen) atoms. The molecule has 1 N–H and O–H groups in total. The Morgan fingerprint density at radius 1 is 0.958 bits per heavy atom. The minimum absolute atomic E-state index is 0.236. The van der Waals surface area contributed by atoms with Gasteiger partial charge in [0.15, 0.2) is 13.2 Å². The van der Waals surface area contributed by atoms with Gasteiger partial charge < -0.3 is 14.8 Å². The maximum absolute atomic E-state index is 12.0. The average Bonchev–Trinajstić information content (AvgIpc) is 2.55. The van der Waals surface area contributed by atoms with Gasteiger partial charge in [-0.3, -0.25) is 4.79 Å². The third-order valence-electron chi connectivity index (χ3n) is 3.41. The van der Waals surface area contributed by atoms with E-state index in [4.69, 9.17) is 9.47 Å². The number of carbonyl (C=O) groups excluding carboxylic acids is 2. The standard InChI is InChI=1S/C19H21NO4/c1-13-9-14(2)19(15(3)10-13)20-17(21)11-24-18(22)12-23-16-7-5-4-6-8-16/h4-10H,11-12H2,1-3H3,(H,20,21). The lowest BCUT2D eigenvalue weighted by Crippen LogP contribution is -2.24. The molecule has 2 aromatic carbocycles. The van der Waals surface area contributed by atoms with E-state index >= 15 is 0 Å². The van der Waals surface area contributed by atoms with Crippen LogP contribution in [-0.2, 0) is 14.3 Å². The third-order valence-corrected chi connectivity index (χ3v) is 3.41. The molecule has 0 saturated carbocycles. The van der Waals surface area contributed by atoms with E-state index in [9.17, 15) is 9.59 Å². The van der Waals surface area contributed by atoms with E-state index < -0.39 is 5.97 Å². The number of hydrogen-bond acceptors (Lipinski definition) is 4. The van der Waals surface area contributed by atoms with E-state index in [0.717, 1.165) is 22.4 Å². The zero-order valence-corrected chi connectivity index (χ0v) is 14.1. The van der Waals surface area contributed by atoms with Gasteiger partial charge >= 0.3 is 5.97 Å². The van der Waals surface area contributed by atoms with Crippen LogP contribution in [0.2, 0.25) is 0 Å². The van der Waals surface area contributed by atoms with Crippen molar-refractivity contribution in [2.75, 3.05) is 18.5 Å². The number of para-hydroxylation sites is 1. The van der Waals surface area contributed by atoms with E-state index in [-0.39, 0.29) is 19.1 Å². The van der Waals surface area contributed by atoms with Crippen molar-refractivity contribution in [3.8, 4) is 5.75 Å². The number of hydrogen-bond donors (Lipinski definition) is 1. The largest absolute Gasteiger partial charge is 0.482 e.